The molecule has 1 saturated heterocycles. The van der Waals surface area contributed by atoms with E-state index in [-0.39, 0.29) is 35.0 Å². The van der Waals surface area contributed by atoms with Crippen LogP contribution < -0.4 is 0 Å². The number of rotatable bonds is 5. The Hall–Kier alpha value is -2.67. The average Bonchev–Trinajstić information content (AvgIpc) is 3.09. The van der Waals surface area contributed by atoms with E-state index in [1.807, 2.05) is 17.0 Å². The van der Waals surface area contributed by atoms with E-state index < -0.39 is 21.4 Å². The van der Waals surface area contributed by atoms with Crippen LogP contribution in [0.15, 0.2) is 59.6 Å². The standard InChI is InChI=1S/C24H27FN2O3S/c1-17-8-7-9-18(2)27(17)24(28)15-26-14-23(20-11-4-6-13-22(20)26)31(29,30)16-19-10-3-5-12-21(19)25/h3-6,10-14,17-18H,7-9,15-16H2,1-2H3. The third-order valence-corrected chi connectivity index (χ3v) is 7.86. The quantitative estimate of drug-likeness (QED) is 0.583. The Morgan fingerprint density at radius 3 is 2.39 bits per heavy atom. The van der Waals surface area contributed by atoms with Crippen molar-refractivity contribution in [2.24, 2.45) is 0 Å². The molecule has 1 aliphatic rings. The normalized spacial score (nSPS) is 19.6. The summed E-state index contributed by atoms with van der Waals surface area (Å²) < 4.78 is 42.2. The maximum absolute atomic E-state index is 14.1. The van der Waals surface area contributed by atoms with Crippen LogP contribution >= 0.6 is 0 Å². The van der Waals surface area contributed by atoms with Crippen LogP contribution in [-0.4, -0.2) is 35.9 Å². The van der Waals surface area contributed by atoms with Crippen molar-refractivity contribution in [2.75, 3.05) is 0 Å². The molecule has 0 radical (unpaired) electrons. The van der Waals surface area contributed by atoms with Gasteiger partial charge in [-0.1, -0.05) is 36.4 Å². The number of hydrogen-bond donors (Lipinski definition) is 0. The minimum absolute atomic E-state index is 0.0153. The number of hydrogen-bond acceptors (Lipinski definition) is 3. The second-order valence-electron chi connectivity index (χ2n) is 8.42. The van der Waals surface area contributed by atoms with Crippen molar-refractivity contribution in [3.63, 3.8) is 0 Å². The first-order chi connectivity index (χ1) is 14.8. The highest BCUT2D eigenvalue weighted by Crippen LogP contribution is 2.29. The molecule has 5 nitrogen and oxygen atoms in total. The molecule has 4 rings (SSSR count). The summed E-state index contributed by atoms with van der Waals surface area (Å²) in [7, 11) is -3.81. The van der Waals surface area contributed by atoms with Gasteiger partial charge in [0.25, 0.3) is 0 Å². The number of sulfone groups is 1. The van der Waals surface area contributed by atoms with Crippen molar-refractivity contribution < 1.29 is 17.6 Å². The van der Waals surface area contributed by atoms with Gasteiger partial charge in [0.15, 0.2) is 9.84 Å². The molecular weight excluding hydrogens is 415 g/mol. The molecule has 0 N–H and O–H groups in total. The Kier molecular flexibility index (Phi) is 5.88. The third-order valence-electron chi connectivity index (χ3n) is 6.18. The molecule has 2 unspecified atom stereocenters. The maximum atomic E-state index is 14.1. The lowest BCUT2D eigenvalue weighted by molar-refractivity contribution is -0.137. The summed E-state index contributed by atoms with van der Waals surface area (Å²) in [5.74, 6) is -0.987. The van der Waals surface area contributed by atoms with Gasteiger partial charge in [0, 0.05) is 34.7 Å². The minimum atomic E-state index is -3.81. The van der Waals surface area contributed by atoms with E-state index in [1.165, 1.54) is 24.4 Å². The lowest BCUT2D eigenvalue weighted by atomic mass is 9.97. The van der Waals surface area contributed by atoms with Crippen LogP contribution in [0.5, 0.6) is 0 Å². The number of benzene rings is 2. The molecule has 0 bridgehead atoms. The fraction of sp³-hybridized carbons (Fsp3) is 0.375. The highest BCUT2D eigenvalue weighted by atomic mass is 32.2. The van der Waals surface area contributed by atoms with E-state index in [2.05, 4.69) is 13.8 Å². The zero-order valence-corrected chi connectivity index (χ0v) is 18.6. The van der Waals surface area contributed by atoms with Gasteiger partial charge in [-0.3, -0.25) is 4.79 Å². The number of halogens is 1. The Morgan fingerprint density at radius 2 is 1.68 bits per heavy atom. The lowest BCUT2D eigenvalue weighted by Gasteiger charge is -2.39. The van der Waals surface area contributed by atoms with Gasteiger partial charge in [-0.2, -0.15) is 0 Å². The van der Waals surface area contributed by atoms with Gasteiger partial charge in [0.2, 0.25) is 5.91 Å². The van der Waals surface area contributed by atoms with Crippen molar-refractivity contribution in [3.05, 3.63) is 66.1 Å². The van der Waals surface area contributed by atoms with E-state index in [9.17, 15) is 17.6 Å². The molecule has 0 aliphatic carbocycles. The second kappa shape index (κ2) is 8.46. The molecule has 3 aromatic rings. The number of fused-ring (bicyclic) bond motifs is 1. The van der Waals surface area contributed by atoms with Crippen LogP contribution in [0.2, 0.25) is 0 Å². The van der Waals surface area contributed by atoms with Crippen molar-refractivity contribution in [1.82, 2.24) is 9.47 Å². The van der Waals surface area contributed by atoms with Crippen LogP contribution in [0.25, 0.3) is 10.9 Å². The van der Waals surface area contributed by atoms with E-state index in [4.69, 9.17) is 0 Å². The first-order valence-electron chi connectivity index (χ1n) is 10.6. The smallest absolute Gasteiger partial charge is 0.242 e. The van der Waals surface area contributed by atoms with Gasteiger partial charge < -0.3 is 9.47 Å². The van der Waals surface area contributed by atoms with Crippen molar-refractivity contribution in [1.29, 1.82) is 0 Å². The Bertz CT molecular complexity index is 1210. The van der Waals surface area contributed by atoms with Crippen LogP contribution in [0.4, 0.5) is 4.39 Å². The fourth-order valence-corrected chi connectivity index (χ4v) is 6.22. The SMILES string of the molecule is CC1CCCC(C)N1C(=O)Cn1cc(S(=O)(=O)Cc2ccccc2F)c2ccccc21. The van der Waals surface area contributed by atoms with E-state index in [0.717, 1.165) is 19.3 Å². The zero-order valence-electron chi connectivity index (χ0n) is 17.8. The van der Waals surface area contributed by atoms with Crippen molar-refractivity contribution >= 4 is 26.6 Å². The first-order valence-corrected chi connectivity index (χ1v) is 12.3. The van der Waals surface area contributed by atoms with E-state index in [0.29, 0.717) is 10.9 Å². The number of para-hydroxylation sites is 1. The predicted molar refractivity (Wildman–Crippen MR) is 119 cm³/mol. The highest BCUT2D eigenvalue weighted by Gasteiger charge is 2.30. The van der Waals surface area contributed by atoms with E-state index >= 15 is 0 Å². The summed E-state index contributed by atoms with van der Waals surface area (Å²) in [4.78, 5) is 15.2. The van der Waals surface area contributed by atoms with Crippen LogP contribution in [0.3, 0.4) is 0 Å². The second-order valence-corrected chi connectivity index (χ2v) is 10.4. The molecule has 7 heteroatoms. The van der Waals surface area contributed by atoms with Crippen molar-refractivity contribution in [2.45, 2.75) is 62.4 Å². The topological polar surface area (TPSA) is 59.4 Å². The Morgan fingerprint density at radius 1 is 1.03 bits per heavy atom. The average molecular weight is 443 g/mol. The number of carbonyl (C=O) groups is 1. The number of piperidine rings is 1. The Labute approximate surface area is 182 Å². The molecule has 2 heterocycles. The lowest BCUT2D eigenvalue weighted by Crippen LogP contribution is -2.48. The van der Waals surface area contributed by atoms with Crippen LogP contribution in [0.1, 0.15) is 38.7 Å². The summed E-state index contributed by atoms with van der Waals surface area (Å²) in [5, 5.41) is 0.548. The maximum Gasteiger partial charge on any atom is 0.242 e. The first kappa shape index (κ1) is 21.6. The highest BCUT2D eigenvalue weighted by molar-refractivity contribution is 7.90. The molecule has 0 saturated carbocycles. The fourth-order valence-electron chi connectivity index (χ4n) is 4.63. The van der Waals surface area contributed by atoms with Gasteiger partial charge in [-0.15, -0.1) is 0 Å². The molecule has 1 aromatic heterocycles. The number of aromatic nitrogens is 1. The molecule has 2 aromatic carbocycles. The number of nitrogens with zero attached hydrogens (tertiary/aromatic N) is 2. The molecule has 1 fully saturated rings. The minimum Gasteiger partial charge on any atom is -0.337 e. The van der Waals surface area contributed by atoms with Gasteiger partial charge in [-0.05, 0) is 45.2 Å². The summed E-state index contributed by atoms with van der Waals surface area (Å²) in [6.45, 7) is 4.20. The largest absolute Gasteiger partial charge is 0.337 e. The molecule has 1 aliphatic heterocycles. The molecule has 2 atom stereocenters. The van der Waals surface area contributed by atoms with Crippen LogP contribution in [0, 0.1) is 5.82 Å². The Balaban J connectivity index is 1.69. The van der Waals surface area contributed by atoms with Gasteiger partial charge >= 0.3 is 0 Å². The van der Waals surface area contributed by atoms with Gasteiger partial charge in [0.1, 0.15) is 12.4 Å². The van der Waals surface area contributed by atoms with Gasteiger partial charge in [-0.25, -0.2) is 12.8 Å². The molecule has 0 spiro atoms. The zero-order chi connectivity index (χ0) is 22.2. The molecule has 1 amide bonds. The molecular formula is C24H27FN2O3S. The monoisotopic (exact) mass is 442 g/mol. The summed E-state index contributed by atoms with van der Waals surface area (Å²) >= 11 is 0. The molecule has 31 heavy (non-hydrogen) atoms. The summed E-state index contributed by atoms with van der Waals surface area (Å²) in [6.07, 6.45) is 4.59. The van der Waals surface area contributed by atoms with E-state index in [1.54, 1.807) is 22.8 Å². The third kappa shape index (κ3) is 4.24. The summed E-state index contributed by atoms with van der Waals surface area (Å²) in [5.41, 5.74) is 0.812. The van der Waals surface area contributed by atoms with Crippen molar-refractivity contribution in [3.8, 4) is 0 Å². The van der Waals surface area contributed by atoms with Gasteiger partial charge in [0.05, 0.1) is 10.6 Å². The molecule has 164 valence electrons. The number of likely N-dealkylation sites (tertiary alicyclic amines) is 1. The number of amides is 1. The summed E-state index contributed by atoms with van der Waals surface area (Å²) in [6, 6.07) is 13.4. The van der Waals surface area contributed by atoms with Crippen LogP contribution in [-0.2, 0) is 26.9 Å². The predicted octanol–water partition coefficient (Wildman–Crippen LogP) is 4.54. The number of carbonyl (C=O) groups excluding carboxylic acids is 1.